The SMILES string of the molecule is CC(=O)N(Cc1ccc(NC(=O)C(C)C(C)N)cc1)C1CC1. The van der Waals surface area contributed by atoms with Gasteiger partial charge in [0.15, 0.2) is 0 Å². The largest absolute Gasteiger partial charge is 0.336 e. The topological polar surface area (TPSA) is 75.4 Å². The molecule has 0 heterocycles. The molecule has 0 bridgehead atoms. The van der Waals surface area contributed by atoms with Crippen molar-refractivity contribution in [2.75, 3.05) is 5.32 Å². The number of hydrogen-bond donors (Lipinski definition) is 2. The molecule has 2 rings (SSSR count). The van der Waals surface area contributed by atoms with Crippen LogP contribution in [0, 0.1) is 5.92 Å². The number of nitrogens with two attached hydrogens (primary N) is 1. The van der Waals surface area contributed by atoms with Crippen LogP contribution in [-0.2, 0) is 16.1 Å². The summed E-state index contributed by atoms with van der Waals surface area (Å²) in [5, 5.41) is 2.86. The van der Waals surface area contributed by atoms with Crippen LogP contribution >= 0.6 is 0 Å². The van der Waals surface area contributed by atoms with Gasteiger partial charge in [0.25, 0.3) is 0 Å². The Morgan fingerprint density at radius 2 is 1.86 bits per heavy atom. The number of nitrogens with zero attached hydrogens (tertiary/aromatic N) is 1. The zero-order valence-electron chi connectivity index (χ0n) is 13.5. The van der Waals surface area contributed by atoms with Gasteiger partial charge in [0, 0.05) is 31.2 Å². The average molecular weight is 303 g/mol. The lowest BCUT2D eigenvalue weighted by atomic mass is 10.0. The maximum Gasteiger partial charge on any atom is 0.228 e. The number of carbonyl (C=O) groups excluding carboxylic acids is 2. The summed E-state index contributed by atoms with van der Waals surface area (Å²) in [5.41, 5.74) is 7.56. The molecule has 2 amide bonds. The number of amides is 2. The first-order valence-electron chi connectivity index (χ1n) is 7.81. The molecule has 0 aliphatic heterocycles. The van der Waals surface area contributed by atoms with E-state index >= 15 is 0 Å². The van der Waals surface area contributed by atoms with Crippen molar-refractivity contribution < 1.29 is 9.59 Å². The van der Waals surface area contributed by atoms with E-state index in [1.807, 2.05) is 43.0 Å². The van der Waals surface area contributed by atoms with Gasteiger partial charge in [0.05, 0.1) is 5.92 Å². The molecule has 0 aromatic heterocycles. The van der Waals surface area contributed by atoms with Crippen LogP contribution in [0.5, 0.6) is 0 Å². The molecule has 1 aliphatic carbocycles. The molecule has 22 heavy (non-hydrogen) atoms. The molecule has 1 aromatic carbocycles. The van der Waals surface area contributed by atoms with Gasteiger partial charge < -0.3 is 16.0 Å². The predicted octanol–water partition coefficient (Wildman–Crippen LogP) is 2.12. The van der Waals surface area contributed by atoms with Gasteiger partial charge in [0.2, 0.25) is 11.8 Å². The van der Waals surface area contributed by atoms with Gasteiger partial charge in [0.1, 0.15) is 0 Å². The third-order valence-corrected chi connectivity index (χ3v) is 4.17. The highest BCUT2D eigenvalue weighted by atomic mass is 16.2. The molecule has 120 valence electrons. The van der Waals surface area contributed by atoms with E-state index in [0.29, 0.717) is 12.6 Å². The smallest absolute Gasteiger partial charge is 0.228 e. The summed E-state index contributed by atoms with van der Waals surface area (Å²) in [7, 11) is 0. The molecular formula is C17H25N3O2. The van der Waals surface area contributed by atoms with Crippen LogP contribution in [0.2, 0.25) is 0 Å². The molecule has 1 fully saturated rings. The first kappa shape index (κ1) is 16.5. The van der Waals surface area contributed by atoms with Crippen LogP contribution < -0.4 is 11.1 Å². The normalized spacial score (nSPS) is 16.7. The van der Waals surface area contributed by atoms with Gasteiger partial charge in [-0.05, 0) is 37.5 Å². The molecule has 0 spiro atoms. The highest BCUT2D eigenvalue weighted by Crippen LogP contribution is 2.28. The Morgan fingerprint density at radius 1 is 1.27 bits per heavy atom. The van der Waals surface area contributed by atoms with Gasteiger partial charge in [-0.1, -0.05) is 19.1 Å². The van der Waals surface area contributed by atoms with Crippen LogP contribution in [0.1, 0.15) is 39.2 Å². The lowest BCUT2D eigenvalue weighted by Crippen LogP contribution is -2.34. The summed E-state index contributed by atoms with van der Waals surface area (Å²) in [6.07, 6.45) is 2.20. The molecule has 2 atom stereocenters. The van der Waals surface area contributed by atoms with E-state index in [1.165, 1.54) is 0 Å². The van der Waals surface area contributed by atoms with E-state index in [-0.39, 0.29) is 23.8 Å². The number of carbonyl (C=O) groups is 2. The third kappa shape index (κ3) is 4.31. The van der Waals surface area contributed by atoms with Crippen molar-refractivity contribution in [2.45, 2.75) is 52.2 Å². The molecule has 2 unspecified atom stereocenters. The minimum Gasteiger partial charge on any atom is -0.336 e. The Labute approximate surface area is 131 Å². The van der Waals surface area contributed by atoms with Crippen molar-refractivity contribution in [3.8, 4) is 0 Å². The molecule has 0 radical (unpaired) electrons. The van der Waals surface area contributed by atoms with Crippen molar-refractivity contribution in [1.29, 1.82) is 0 Å². The highest BCUT2D eigenvalue weighted by Gasteiger charge is 2.30. The number of rotatable bonds is 6. The summed E-state index contributed by atoms with van der Waals surface area (Å²) in [6.45, 7) is 5.88. The Balaban J connectivity index is 1.95. The zero-order valence-corrected chi connectivity index (χ0v) is 13.5. The maximum atomic E-state index is 12.0. The minimum atomic E-state index is -0.234. The van der Waals surface area contributed by atoms with E-state index in [0.717, 1.165) is 24.1 Å². The Kier molecular flexibility index (Phi) is 5.19. The minimum absolute atomic E-state index is 0.0777. The van der Waals surface area contributed by atoms with Crippen LogP contribution in [0.25, 0.3) is 0 Å². The second kappa shape index (κ2) is 6.92. The number of benzene rings is 1. The van der Waals surface area contributed by atoms with Crippen LogP contribution in [0.15, 0.2) is 24.3 Å². The fourth-order valence-corrected chi connectivity index (χ4v) is 2.27. The summed E-state index contributed by atoms with van der Waals surface area (Å²) < 4.78 is 0. The number of anilines is 1. The summed E-state index contributed by atoms with van der Waals surface area (Å²) in [6, 6.07) is 7.86. The number of nitrogens with one attached hydrogen (secondary N) is 1. The Hall–Kier alpha value is -1.88. The Bertz CT molecular complexity index is 535. The highest BCUT2D eigenvalue weighted by molar-refractivity contribution is 5.92. The van der Waals surface area contributed by atoms with E-state index < -0.39 is 0 Å². The molecule has 1 saturated carbocycles. The first-order chi connectivity index (χ1) is 10.4. The van der Waals surface area contributed by atoms with E-state index in [9.17, 15) is 9.59 Å². The average Bonchev–Trinajstić information content (AvgIpc) is 3.29. The zero-order chi connectivity index (χ0) is 16.3. The van der Waals surface area contributed by atoms with Gasteiger partial charge in [-0.25, -0.2) is 0 Å². The molecule has 5 heteroatoms. The van der Waals surface area contributed by atoms with Gasteiger partial charge in [-0.15, -0.1) is 0 Å². The van der Waals surface area contributed by atoms with Gasteiger partial charge in [-0.2, -0.15) is 0 Å². The molecule has 3 N–H and O–H groups in total. The van der Waals surface area contributed by atoms with Crippen molar-refractivity contribution in [3.63, 3.8) is 0 Å². The third-order valence-electron chi connectivity index (χ3n) is 4.17. The van der Waals surface area contributed by atoms with E-state index in [1.54, 1.807) is 6.92 Å². The summed E-state index contributed by atoms with van der Waals surface area (Å²) in [4.78, 5) is 25.5. The van der Waals surface area contributed by atoms with Crippen molar-refractivity contribution in [1.82, 2.24) is 4.90 Å². The lowest BCUT2D eigenvalue weighted by molar-refractivity contribution is -0.130. The predicted molar refractivity (Wildman–Crippen MR) is 87.1 cm³/mol. The first-order valence-corrected chi connectivity index (χ1v) is 7.81. The quantitative estimate of drug-likeness (QED) is 0.845. The molecular weight excluding hydrogens is 278 g/mol. The molecule has 0 saturated heterocycles. The van der Waals surface area contributed by atoms with Gasteiger partial charge in [-0.3, -0.25) is 9.59 Å². The Morgan fingerprint density at radius 3 is 2.32 bits per heavy atom. The van der Waals surface area contributed by atoms with E-state index in [4.69, 9.17) is 5.73 Å². The maximum absolute atomic E-state index is 12.0. The summed E-state index contributed by atoms with van der Waals surface area (Å²) >= 11 is 0. The van der Waals surface area contributed by atoms with Crippen LogP contribution in [-0.4, -0.2) is 28.8 Å². The van der Waals surface area contributed by atoms with Crippen LogP contribution in [0.3, 0.4) is 0 Å². The fraction of sp³-hybridized carbons (Fsp3) is 0.529. The van der Waals surface area contributed by atoms with Crippen molar-refractivity contribution in [3.05, 3.63) is 29.8 Å². The monoisotopic (exact) mass is 303 g/mol. The second-order valence-electron chi connectivity index (χ2n) is 6.21. The lowest BCUT2D eigenvalue weighted by Gasteiger charge is -2.21. The standard InChI is InChI=1S/C17H25N3O2/c1-11(12(2)18)17(22)19-15-6-4-14(5-7-15)10-20(13(3)21)16-8-9-16/h4-7,11-12,16H,8-10,18H2,1-3H3,(H,19,22). The van der Waals surface area contributed by atoms with Gasteiger partial charge >= 0.3 is 0 Å². The summed E-state index contributed by atoms with van der Waals surface area (Å²) in [5.74, 6) is -0.195. The van der Waals surface area contributed by atoms with Crippen molar-refractivity contribution in [2.24, 2.45) is 11.7 Å². The number of hydrogen-bond acceptors (Lipinski definition) is 3. The molecule has 5 nitrogen and oxygen atoms in total. The second-order valence-corrected chi connectivity index (χ2v) is 6.21. The van der Waals surface area contributed by atoms with Crippen molar-refractivity contribution >= 4 is 17.5 Å². The molecule has 1 aromatic rings. The molecule has 1 aliphatic rings. The van der Waals surface area contributed by atoms with E-state index in [2.05, 4.69) is 5.32 Å². The fourth-order valence-electron chi connectivity index (χ4n) is 2.27. The van der Waals surface area contributed by atoms with Crippen LogP contribution in [0.4, 0.5) is 5.69 Å².